The molecule has 2 aromatic rings. The number of rotatable bonds is 3. The maximum atomic E-state index is 8.92. The van der Waals surface area contributed by atoms with Crippen molar-refractivity contribution >= 4 is 40.5 Å². The summed E-state index contributed by atoms with van der Waals surface area (Å²) in [5.74, 6) is 0. The van der Waals surface area contributed by atoms with Gasteiger partial charge in [0.05, 0.1) is 28.4 Å². The number of halogens is 3. The van der Waals surface area contributed by atoms with E-state index in [2.05, 4.69) is 11.4 Å². The average molecular weight is 326 g/mol. The largest absolute Gasteiger partial charge is 0.377 e. The van der Waals surface area contributed by atoms with Crippen molar-refractivity contribution in [2.75, 3.05) is 5.32 Å². The number of nitriles is 1. The number of benzene rings is 2. The lowest BCUT2D eigenvalue weighted by molar-refractivity contribution is 0.885. The summed E-state index contributed by atoms with van der Waals surface area (Å²) in [6, 6.07) is 12.4. The molecule has 0 heterocycles. The molecule has 0 saturated carbocycles. The Hall–Kier alpha value is -1.40. The number of anilines is 1. The first-order valence-electron chi connectivity index (χ1n) is 5.92. The van der Waals surface area contributed by atoms with E-state index in [4.69, 9.17) is 40.1 Å². The Labute approximate surface area is 132 Å². The van der Waals surface area contributed by atoms with Gasteiger partial charge in [0.15, 0.2) is 0 Å². The zero-order valence-corrected chi connectivity index (χ0v) is 12.9. The van der Waals surface area contributed by atoms with Gasteiger partial charge in [0.2, 0.25) is 0 Å². The van der Waals surface area contributed by atoms with E-state index in [-0.39, 0.29) is 6.04 Å². The van der Waals surface area contributed by atoms with Crippen LogP contribution in [-0.2, 0) is 0 Å². The summed E-state index contributed by atoms with van der Waals surface area (Å²) in [4.78, 5) is 0. The van der Waals surface area contributed by atoms with Crippen molar-refractivity contribution in [3.63, 3.8) is 0 Å². The van der Waals surface area contributed by atoms with E-state index < -0.39 is 0 Å². The molecule has 0 saturated heterocycles. The monoisotopic (exact) mass is 324 g/mol. The third-order valence-corrected chi connectivity index (χ3v) is 3.79. The molecular weight excluding hydrogens is 315 g/mol. The van der Waals surface area contributed by atoms with Gasteiger partial charge in [-0.1, -0.05) is 40.9 Å². The van der Waals surface area contributed by atoms with Crippen molar-refractivity contribution in [3.05, 3.63) is 62.6 Å². The molecule has 1 unspecified atom stereocenters. The van der Waals surface area contributed by atoms with Crippen molar-refractivity contribution in [3.8, 4) is 6.07 Å². The maximum absolute atomic E-state index is 8.92. The fraction of sp³-hybridized carbons (Fsp3) is 0.133. The van der Waals surface area contributed by atoms with Gasteiger partial charge in [0.1, 0.15) is 0 Å². The van der Waals surface area contributed by atoms with E-state index in [0.717, 1.165) is 5.56 Å². The molecule has 5 heteroatoms. The fourth-order valence-corrected chi connectivity index (χ4v) is 2.61. The topological polar surface area (TPSA) is 35.8 Å². The molecule has 0 aliphatic rings. The van der Waals surface area contributed by atoms with Crippen LogP contribution in [0.25, 0.3) is 0 Å². The van der Waals surface area contributed by atoms with Gasteiger partial charge in [-0.05, 0) is 42.8 Å². The molecule has 0 amide bonds. The highest BCUT2D eigenvalue weighted by atomic mass is 35.5. The van der Waals surface area contributed by atoms with Crippen LogP contribution < -0.4 is 5.32 Å². The van der Waals surface area contributed by atoms with Crippen LogP contribution in [-0.4, -0.2) is 0 Å². The summed E-state index contributed by atoms with van der Waals surface area (Å²) >= 11 is 18.2. The highest BCUT2D eigenvalue weighted by Gasteiger charge is 2.12. The van der Waals surface area contributed by atoms with Gasteiger partial charge in [0.25, 0.3) is 0 Å². The van der Waals surface area contributed by atoms with Crippen molar-refractivity contribution in [1.82, 2.24) is 0 Å². The Kier molecular flexibility index (Phi) is 4.77. The lowest BCUT2D eigenvalue weighted by Crippen LogP contribution is -2.07. The molecule has 1 N–H and O–H groups in total. The SMILES string of the molecule is CC(Nc1cc(C#N)ccc1Cl)c1ccc(Cl)cc1Cl. The molecule has 102 valence electrons. The minimum atomic E-state index is -0.0637. The van der Waals surface area contributed by atoms with Gasteiger partial charge >= 0.3 is 0 Å². The second-order valence-corrected chi connectivity index (χ2v) is 5.59. The molecule has 20 heavy (non-hydrogen) atoms. The van der Waals surface area contributed by atoms with Gasteiger partial charge in [-0.3, -0.25) is 0 Å². The molecule has 2 nitrogen and oxygen atoms in total. The molecule has 0 bridgehead atoms. The fourth-order valence-electron chi connectivity index (χ4n) is 1.87. The van der Waals surface area contributed by atoms with Crippen LogP contribution in [0, 0.1) is 11.3 Å². The molecule has 1 atom stereocenters. The number of nitrogens with zero attached hydrogens (tertiary/aromatic N) is 1. The Bertz CT molecular complexity index is 677. The van der Waals surface area contributed by atoms with Crippen LogP contribution in [0.2, 0.25) is 15.1 Å². The minimum Gasteiger partial charge on any atom is -0.377 e. The van der Waals surface area contributed by atoms with Crippen molar-refractivity contribution < 1.29 is 0 Å². The molecule has 2 rings (SSSR count). The van der Waals surface area contributed by atoms with Crippen LogP contribution in [0.1, 0.15) is 24.1 Å². The predicted octanol–water partition coefficient (Wildman–Crippen LogP) is 5.69. The Morgan fingerprint density at radius 3 is 2.45 bits per heavy atom. The van der Waals surface area contributed by atoms with Crippen LogP contribution >= 0.6 is 34.8 Å². The molecule has 2 aromatic carbocycles. The van der Waals surface area contributed by atoms with Gasteiger partial charge in [-0.25, -0.2) is 0 Å². The van der Waals surface area contributed by atoms with E-state index >= 15 is 0 Å². The quantitative estimate of drug-likeness (QED) is 0.786. The van der Waals surface area contributed by atoms with Crippen LogP contribution in [0.3, 0.4) is 0 Å². The van der Waals surface area contributed by atoms with Crippen LogP contribution in [0.5, 0.6) is 0 Å². The zero-order chi connectivity index (χ0) is 14.7. The highest BCUT2D eigenvalue weighted by Crippen LogP contribution is 2.31. The minimum absolute atomic E-state index is 0.0637. The van der Waals surface area contributed by atoms with Crippen LogP contribution in [0.15, 0.2) is 36.4 Å². The highest BCUT2D eigenvalue weighted by molar-refractivity contribution is 6.35. The van der Waals surface area contributed by atoms with E-state index in [0.29, 0.717) is 26.3 Å². The molecule has 0 radical (unpaired) electrons. The number of hydrogen-bond acceptors (Lipinski definition) is 2. The smallest absolute Gasteiger partial charge is 0.0992 e. The third kappa shape index (κ3) is 3.37. The maximum Gasteiger partial charge on any atom is 0.0992 e. The number of nitrogens with one attached hydrogen (secondary N) is 1. The summed E-state index contributed by atoms with van der Waals surface area (Å²) in [5.41, 5.74) is 2.16. The van der Waals surface area contributed by atoms with Crippen molar-refractivity contribution in [2.24, 2.45) is 0 Å². The summed E-state index contributed by atoms with van der Waals surface area (Å²) < 4.78 is 0. The first-order valence-corrected chi connectivity index (χ1v) is 7.06. The molecule has 0 spiro atoms. The molecule has 0 aromatic heterocycles. The summed E-state index contributed by atoms with van der Waals surface area (Å²) in [6.07, 6.45) is 0. The van der Waals surface area contributed by atoms with E-state index in [1.54, 1.807) is 30.3 Å². The normalized spacial score (nSPS) is 11.8. The Balaban J connectivity index is 2.27. The van der Waals surface area contributed by atoms with E-state index in [1.807, 2.05) is 13.0 Å². The van der Waals surface area contributed by atoms with Gasteiger partial charge in [-0.2, -0.15) is 5.26 Å². The second kappa shape index (κ2) is 6.37. The summed E-state index contributed by atoms with van der Waals surface area (Å²) in [6.45, 7) is 1.96. The summed E-state index contributed by atoms with van der Waals surface area (Å²) in [7, 11) is 0. The Morgan fingerprint density at radius 2 is 1.80 bits per heavy atom. The first kappa shape index (κ1) is 15.0. The van der Waals surface area contributed by atoms with E-state index in [1.165, 1.54) is 0 Å². The van der Waals surface area contributed by atoms with E-state index in [9.17, 15) is 0 Å². The third-order valence-electron chi connectivity index (χ3n) is 2.90. The van der Waals surface area contributed by atoms with Gasteiger partial charge in [-0.15, -0.1) is 0 Å². The molecule has 0 aliphatic heterocycles. The zero-order valence-electron chi connectivity index (χ0n) is 10.6. The van der Waals surface area contributed by atoms with Gasteiger partial charge in [0, 0.05) is 10.0 Å². The Morgan fingerprint density at radius 1 is 1.05 bits per heavy atom. The van der Waals surface area contributed by atoms with Crippen LogP contribution in [0.4, 0.5) is 5.69 Å². The molecule has 0 aliphatic carbocycles. The lowest BCUT2D eigenvalue weighted by atomic mass is 10.1. The van der Waals surface area contributed by atoms with Crippen molar-refractivity contribution in [2.45, 2.75) is 13.0 Å². The lowest BCUT2D eigenvalue weighted by Gasteiger charge is -2.18. The number of hydrogen-bond donors (Lipinski definition) is 1. The molecule has 0 fully saturated rings. The second-order valence-electron chi connectivity index (χ2n) is 4.34. The molecular formula is C15H11Cl3N2. The van der Waals surface area contributed by atoms with Gasteiger partial charge < -0.3 is 5.32 Å². The standard InChI is InChI=1S/C15H11Cl3N2/c1-9(12-4-3-11(16)7-14(12)18)20-15-6-10(8-19)2-5-13(15)17/h2-7,9,20H,1H3. The first-order chi connectivity index (χ1) is 9.51. The average Bonchev–Trinajstić information content (AvgIpc) is 2.41. The summed E-state index contributed by atoms with van der Waals surface area (Å²) in [5, 5.41) is 13.9. The van der Waals surface area contributed by atoms with Crippen molar-refractivity contribution in [1.29, 1.82) is 5.26 Å². The predicted molar refractivity (Wildman–Crippen MR) is 84.7 cm³/mol.